The number of hydrogen-bond donors (Lipinski definition) is 3. The van der Waals surface area contributed by atoms with Crippen LogP contribution in [0.1, 0.15) is 16.4 Å². The van der Waals surface area contributed by atoms with Crippen molar-refractivity contribution in [3.8, 4) is 0 Å². The van der Waals surface area contributed by atoms with Gasteiger partial charge >= 0.3 is 6.18 Å². The molecule has 0 saturated carbocycles. The van der Waals surface area contributed by atoms with Gasteiger partial charge in [-0.15, -0.1) is 11.8 Å². The van der Waals surface area contributed by atoms with E-state index in [-0.39, 0.29) is 5.69 Å². The number of carbonyl (C=O) groups is 1. The average Bonchev–Trinajstić information content (AvgIpc) is 2.88. The molecule has 0 heterocycles. The SMILES string of the molecule is O=C(Nc1ccccc1C(F)(F)F)C(Sc1cccc(NC(=S)Nc2ccccc2)c1)c1ccccc1. The van der Waals surface area contributed by atoms with Crippen LogP contribution >= 0.6 is 24.0 Å². The van der Waals surface area contributed by atoms with E-state index in [9.17, 15) is 18.0 Å². The first-order valence-electron chi connectivity index (χ1n) is 11.2. The van der Waals surface area contributed by atoms with E-state index in [1.54, 1.807) is 24.3 Å². The highest BCUT2D eigenvalue weighted by Gasteiger charge is 2.34. The maximum Gasteiger partial charge on any atom is 0.418 e. The van der Waals surface area contributed by atoms with Gasteiger partial charge in [-0.2, -0.15) is 13.2 Å². The lowest BCUT2D eigenvalue weighted by molar-refractivity contribution is -0.137. The van der Waals surface area contributed by atoms with Gasteiger partial charge in [-0.1, -0.05) is 66.7 Å². The molecule has 0 aliphatic rings. The van der Waals surface area contributed by atoms with Crippen molar-refractivity contribution in [2.45, 2.75) is 16.3 Å². The van der Waals surface area contributed by atoms with Crippen molar-refractivity contribution in [1.82, 2.24) is 0 Å². The Morgan fingerprint density at radius 1 is 0.730 bits per heavy atom. The van der Waals surface area contributed by atoms with Crippen molar-refractivity contribution >= 4 is 52.1 Å². The number of para-hydroxylation sites is 2. The number of halogens is 3. The zero-order valence-electron chi connectivity index (χ0n) is 19.3. The molecule has 1 unspecified atom stereocenters. The minimum atomic E-state index is -4.59. The molecule has 37 heavy (non-hydrogen) atoms. The summed E-state index contributed by atoms with van der Waals surface area (Å²) in [5.41, 5.74) is 1.02. The highest BCUT2D eigenvalue weighted by Crippen LogP contribution is 2.39. The summed E-state index contributed by atoms with van der Waals surface area (Å²) in [6, 6.07) is 30.6. The number of thioether (sulfide) groups is 1. The lowest BCUT2D eigenvalue weighted by atomic mass is 10.1. The Hall–Kier alpha value is -3.82. The summed E-state index contributed by atoms with van der Waals surface area (Å²) in [5, 5.41) is 8.30. The second kappa shape index (κ2) is 11.9. The normalized spacial score (nSPS) is 11.9. The van der Waals surface area contributed by atoms with Crippen molar-refractivity contribution in [2.75, 3.05) is 16.0 Å². The van der Waals surface area contributed by atoms with Crippen LogP contribution in [0.15, 0.2) is 114 Å². The number of thiocarbonyl (C=S) groups is 1. The second-order valence-electron chi connectivity index (χ2n) is 7.91. The Kier molecular flexibility index (Phi) is 8.47. The highest BCUT2D eigenvalue weighted by molar-refractivity contribution is 8.00. The first kappa shape index (κ1) is 26.2. The first-order chi connectivity index (χ1) is 17.8. The van der Waals surface area contributed by atoms with Gasteiger partial charge in [-0.3, -0.25) is 4.79 Å². The average molecular weight is 538 g/mol. The molecule has 0 fully saturated rings. The van der Waals surface area contributed by atoms with Gasteiger partial charge in [0.25, 0.3) is 0 Å². The van der Waals surface area contributed by atoms with Gasteiger partial charge in [0.15, 0.2) is 5.11 Å². The molecule has 3 N–H and O–H groups in total. The molecule has 1 amide bonds. The highest BCUT2D eigenvalue weighted by atomic mass is 32.2. The van der Waals surface area contributed by atoms with Crippen LogP contribution in [-0.2, 0) is 11.0 Å². The van der Waals surface area contributed by atoms with Gasteiger partial charge in [0.2, 0.25) is 5.91 Å². The number of anilines is 3. The summed E-state index contributed by atoms with van der Waals surface area (Å²) in [4.78, 5) is 14.1. The third kappa shape index (κ3) is 7.34. The molecular formula is C28H22F3N3OS2. The molecule has 0 aromatic heterocycles. The van der Waals surface area contributed by atoms with Crippen LogP contribution in [0.4, 0.5) is 30.2 Å². The molecule has 4 aromatic carbocycles. The minimum Gasteiger partial charge on any atom is -0.332 e. The van der Waals surface area contributed by atoms with E-state index in [0.717, 1.165) is 16.6 Å². The smallest absolute Gasteiger partial charge is 0.332 e. The monoisotopic (exact) mass is 537 g/mol. The Balaban J connectivity index is 1.54. The first-order valence-corrected chi connectivity index (χ1v) is 12.5. The maximum absolute atomic E-state index is 13.5. The molecule has 4 aromatic rings. The molecule has 0 aliphatic heterocycles. The van der Waals surface area contributed by atoms with Gasteiger partial charge in [-0.05, 0) is 60.2 Å². The summed E-state index contributed by atoms with van der Waals surface area (Å²) < 4.78 is 40.4. The predicted molar refractivity (Wildman–Crippen MR) is 148 cm³/mol. The van der Waals surface area contributed by atoms with Gasteiger partial charge in [0, 0.05) is 16.3 Å². The van der Waals surface area contributed by atoms with Crippen molar-refractivity contribution in [1.29, 1.82) is 0 Å². The number of alkyl halides is 3. The quantitative estimate of drug-likeness (QED) is 0.165. The number of amides is 1. The topological polar surface area (TPSA) is 53.2 Å². The number of rotatable bonds is 7. The molecule has 188 valence electrons. The number of carbonyl (C=O) groups excluding carboxylic acids is 1. The summed E-state index contributed by atoms with van der Waals surface area (Å²) in [6.07, 6.45) is -4.59. The van der Waals surface area contributed by atoms with E-state index < -0.39 is 22.9 Å². The van der Waals surface area contributed by atoms with Crippen LogP contribution in [-0.4, -0.2) is 11.0 Å². The van der Waals surface area contributed by atoms with Gasteiger partial charge in [0.05, 0.1) is 11.3 Å². The number of nitrogens with one attached hydrogen (secondary N) is 3. The molecule has 0 spiro atoms. The summed E-state index contributed by atoms with van der Waals surface area (Å²) in [7, 11) is 0. The molecule has 1 atom stereocenters. The van der Waals surface area contributed by atoms with Crippen molar-refractivity contribution in [3.05, 3.63) is 120 Å². The molecule has 0 saturated heterocycles. The molecule has 4 nitrogen and oxygen atoms in total. The van der Waals surface area contributed by atoms with E-state index in [2.05, 4.69) is 16.0 Å². The Morgan fingerprint density at radius 3 is 2.03 bits per heavy atom. The van der Waals surface area contributed by atoms with E-state index in [1.807, 2.05) is 60.7 Å². The molecular weight excluding hydrogens is 515 g/mol. The maximum atomic E-state index is 13.5. The van der Waals surface area contributed by atoms with Crippen molar-refractivity contribution in [2.24, 2.45) is 0 Å². The second-order valence-corrected chi connectivity index (χ2v) is 9.50. The molecule has 0 aliphatic carbocycles. The predicted octanol–water partition coefficient (Wildman–Crippen LogP) is 7.99. The third-order valence-corrected chi connectivity index (χ3v) is 6.66. The fourth-order valence-electron chi connectivity index (χ4n) is 3.54. The van der Waals surface area contributed by atoms with Crippen LogP contribution in [0.25, 0.3) is 0 Å². The van der Waals surface area contributed by atoms with E-state index in [1.165, 1.54) is 30.0 Å². The lowest BCUT2D eigenvalue weighted by Crippen LogP contribution is -2.21. The standard InChI is InChI=1S/C28H22F3N3OS2/c29-28(30,31)23-16-7-8-17-24(23)34-26(35)25(19-10-3-1-4-11-19)37-22-15-9-14-21(18-22)33-27(36)32-20-12-5-2-6-13-20/h1-18,25H,(H,34,35)(H2,32,33,36). The van der Waals surface area contributed by atoms with E-state index >= 15 is 0 Å². The van der Waals surface area contributed by atoms with Crippen LogP contribution < -0.4 is 16.0 Å². The van der Waals surface area contributed by atoms with E-state index in [0.29, 0.717) is 16.4 Å². The number of hydrogen-bond acceptors (Lipinski definition) is 3. The fraction of sp³-hybridized carbons (Fsp3) is 0.0714. The van der Waals surface area contributed by atoms with Gasteiger partial charge < -0.3 is 16.0 Å². The van der Waals surface area contributed by atoms with Crippen LogP contribution in [0.5, 0.6) is 0 Å². The fourth-order valence-corrected chi connectivity index (χ4v) is 4.86. The van der Waals surface area contributed by atoms with Gasteiger partial charge in [0.1, 0.15) is 5.25 Å². The van der Waals surface area contributed by atoms with Crippen LogP contribution in [0, 0.1) is 0 Å². The van der Waals surface area contributed by atoms with Crippen LogP contribution in [0.3, 0.4) is 0 Å². The summed E-state index contributed by atoms with van der Waals surface area (Å²) >= 11 is 6.63. The molecule has 4 rings (SSSR count). The Labute approximate surface area is 222 Å². The number of benzene rings is 4. The molecule has 0 bridgehead atoms. The van der Waals surface area contributed by atoms with Crippen molar-refractivity contribution in [3.63, 3.8) is 0 Å². The third-order valence-electron chi connectivity index (χ3n) is 5.21. The van der Waals surface area contributed by atoms with Crippen LogP contribution in [0.2, 0.25) is 0 Å². The van der Waals surface area contributed by atoms with Gasteiger partial charge in [-0.25, -0.2) is 0 Å². The lowest BCUT2D eigenvalue weighted by Gasteiger charge is -2.20. The zero-order chi connectivity index (χ0) is 26.3. The summed E-state index contributed by atoms with van der Waals surface area (Å²) in [6.45, 7) is 0. The summed E-state index contributed by atoms with van der Waals surface area (Å²) in [5.74, 6) is -0.562. The zero-order valence-corrected chi connectivity index (χ0v) is 21.0. The Bertz CT molecular complexity index is 1370. The van der Waals surface area contributed by atoms with E-state index in [4.69, 9.17) is 12.2 Å². The van der Waals surface area contributed by atoms with Crippen molar-refractivity contribution < 1.29 is 18.0 Å². The Morgan fingerprint density at radius 2 is 1.32 bits per heavy atom. The largest absolute Gasteiger partial charge is 0.418 e. The molecule has 0 radical (unpaired) electrons. The molecule has 9 heteroatoms. The minimum absolute atomic E-state index is 0.283.